The van der Waals surface area contributed by atoms with Crippen LogP contribution >= 0.6 is 0 Å². The van der Waals surface area contributed by atoms with Gasteiger partial charge in [-0.15, -0.1) is 0 Å². The lowest BCUT2D eigenvalue weighted by atomic mass is 10.2. The van der Waals surface area contributed by atoms with Gasteiger partial charge in [0.05, 0.1) is 5.56 Å². The Labute approximate surface area is 81.2 Å². The number of carbonyl (C=O) groups is 1. The molecule has 0 aliphatic rings. The molecule has 1 aromatic carbocycles. The van der Waals surface area contributed by atoms with Crippen LogP contribution < -0.4 is 6.15 Å². The van der Waals surface area contributed by atoms with Crippen LogP contribution in [0, 0.1) is 0 Å². The zero-order valence-electron chi connectivity index (χ0n) is 7.37. The van der Waals surface area contributed by atoms with Gasteiger partial charge in [0.25, 0.3) is 0 Å². The molecule has 0 amide bonds. The van der Waals surface area contributed by atoms with E-state index < -0.39 is 13.3 Å². The van der Waals surface area contributed by atoms with Crippen LogP contribution in [0.3, 0.4) is 0 Å². The summed E-state index contributed by atoms with van der Waals surface area (Å²) in [6, 6.07) is 8.30. The maximum Gasteiger partial charge on any atom is 0.631 e. The van der Waals surface area contributed by atoms with E-state index in [0.29, 0.717) is 5.56 Å². The topological polar surface area (TPSA) is 133 Å². The number of hydrogen-bond acceptors (Lipinski definition) is 5. The van der Waals surface area contributed by atoms with Crippen LogP contribution in [0.1, 0.15) is 10.4 Å². The summed E-state index contributed by atoms with van der Waals surface area (Å²) < 4.78 is 0. The highest BCUT2D eigenvalue weighted by molar-refractivity contribution is 6.30. The SMILES string of the molecule is N.O=C(O)c1ccccc1.OB(O)O. The molecule has 0 atom stereocenters. The molecule has 0 radical (unpaired) electrons. The Morgan fingerprint density at radius 2 is 1.43 bits per heavy atom. The van der Waals surface area contributed by atoms with Crippen molar-refractivity contribution in [3.05, 3.63) is 35.9 Å². The zero-order chi connectivity index (χ0) is 10.3. The standard InChI is InChI=1S/C7H6O2.BH3O3.H3N/c8-7(9)6-4-2-1-3-5-6;2-1(3)4;/h1-5H,(H,8,9);2-4H;1H3. The Kier molecular flexibility index (Phi) is 8.84. The molecule has 0 unspecified atom stereocenters. The van der Waals surface area contributed by atoms with Gasteiger partial charge >= 0.3 is 13.3 Å². The molecule has 7 N–H and O–H groups in total. The molecule has 1 aromatic rings. The smallest absolute Gasteiger partial charge is 0.478 e. The van der Waals surface area contributed by atoms with Gasteiger partial charge in [0.2, 0.25) is 0 Å². The molecule has 0 aromatic heterocycles. The summed E-state index contributed by atoms with van der Waals surface area (Å²) in [4.78, 5) is 10.2. The molecule has 0 saturated carbocycles. The van der Waals surface area contributed by atoms with Gasteiger partial charge in [-0.05, 0) is 12.1 Å². The first kappa shape index (κ1) is 15.1. The Morgan fingerprint density at radius 3 is 1.64 bits per heavy atom. The second-order valence-corrected chi connectivity index (χ2v) is 2.02. The Bertz CT molecular complexity index is 251. The summed E-state index contributed by atoms with van der Waals surface area (Å²) >= 11 is 0. The minimum absolute atomic E-state index is 0. The first-order valence-corrected chi connectivity index (χ1v) is 3.36. The van der Waals surface area contributed by atoms with E-state index in [9.17, 15) is 4.79 Å². The monoisotopic (exact) mass is 201 g/mol. The van der Waals surface area contributed by atoms with Crippen molar-refractivity contribution in [3.63, 3.8) is 0 Å². The molecule has 7 heteroatoms. The maximum atomic E-state index is 10.2. The predicted molar refractivity (Wildman–Crippen MR) is 50.8 cm³/mol. The molecule has 78 valence electrons. The average molecular weight is 201 g/mol. The molecule has 0 aliphatic heterocycles. The van der Waals surface area contributed by atoms with Crippen LogP contribution in [0.15, 0.2) is 30.3 Å². The van der Waals surface area contributed by atoms with Crippen LogP contribution in [-0.2, 0) is 0 Å². The third-order valence-electron chi connectivity index (χ3n) is 1.02. The number of hydrogen-bond donors (Lipinski definition) is 5. The van der Waals surface area contributed by atoms with Crippen molar-refractivity contribution in [2.75, 3.05) is 0 Å². The van der Waals surface area contributed by atoms with E-state index in [0.717, 1.165) is 0 Å². The number of carboxylic acid groups (broad SMARTS) is 1. The van der Waals surface area contributed by atoms with E-state index in [4.69, 9.17) is 20.2 Å². The minimum Gasteiger partial charge on any atom is -0.478 e. The summed E-state index contributed by atoms with van der Waals surface area (Å²) in [5.41, 5.74) is 0.331. The van der Waals surface area contributed by atoms with Crippen molar-refractivity contribution in [1.82, 2.24) is 6.15 Å². The van der Waals surface area contributed by atoms with Crippen LogP contribution in [0.4, 0.5) is 0 Å². The van der Waals surface area contributed by atoms with Gasteiger partial charge in [-0.25, -0.2) is 4.79 Å². The highest BCUT2D eigenvalue weighted by atomic mass is 16.5. The molecule has 0 spiro atoms. The number of carboxylic acids is 1. The zero-order valence-corrected chi connectivity index (χ0v) is 7.37. The largest absolute Gasteiger partial charge is 0.631 e. The van der Waals surface area contributed by atoms with E-state index in [1.54, 1.807) is 30.3 Å². The highest BCUT2D eigenvalue weighted by Gasteiger charge is 1.96. The Hall–Kier alpha value is -1.41. The third kappa shape index (κ3) is 8.69. The summed E-state index contributed by atoms with van der Waals surface area (Å²) in [6.45, 7) is 0. The van der Waals surface area contributed by atoms with Gasteiger partial charge in [-0.1, -0.05) is 18.2 Å². The molecular formula is C7H12BNO5. The number of benzene rings is 1. The number of aromatic carboxylic acids is 1. The van der Waals surface area contributed by atoms with Crippen molar-refractivity contribution >= 4 is 13.3 Å². The summed E-state index contributed by atoms with van der Waals surface area (Å²) in [5.74, 6) is -0.879. The quantitative estimate of drug-likeness (QED) is 0.388. The molecule has 0 saturated heterocycles. The fourth-order valence-electron chi connectivity index (χ4n) is 0.581. The van der Waals surface area contributed by atoms with Crippen molar-refractivity contribution in [1.29, 1.82) is 0 Å². The minimum atomic E-state index is -2.17. The van der Waals surface area contributed by atoms with Crippen molar-refractivity contribution in [2.45, 2.75) is 0 Å². The molecule has 0 heterocycles. The summed E-state index contributed by atoms with van der Waals surface area (Å²) in [6.07, 6.45) is 0. The lowest BCUT2D eigenvalue weighted by Gasteiger charge is -1.88. The van der Waals surface area contributed by atoms with Crippen LogP contribution in [0.25, 0.3) is 0 Å². The first-order valence-electron chi connectivity index (χ1n) is 3.36. The van der Waals surface area contributed by atoms with Crippen molar-refractivity contribution < 1.29 is 25.0 Å². The molecule has 0 bridgehead atoms. The van der Waals surface area contributed by atoms with Crippen molar-refractivity contribution in [2.24, 2.45) is 0 Å². The molecule has 0 aliphatic carbocycles. The molecule has 1 rings (SSSR count). The lowest BCUT2D eigenvalue weighted by molar-refractivity contribution is 0.0697. The lowest BCUT2D eigenvalue weighted by Crippen LogP contribution is -2.07. The average Bonchev–Trinajstić information content (AvgIpc) is 2.05. The van der Waals surface area contributed by atoms with E-state index in [-0.39, 0.29) is 6.15 Å². The molecule has 0 fully saturated rings. The third-order valence-corrected chi connectivity index (χ3v) is 1.02. The van der Waals surface area contributed by atoms with Crippen LogP contribution in [0.5, 0.6) is 0 Å². The predicted octanol–water partition coefficient (Wildman–Crippen LogP) is -0.505. The second-order valence-electron chi connectivity index (χ2n) is 2.02. The van der Waals surface area contributed by atoms with Crippen LogP contribution in [-0.4, -0.2) is 33.5 Å². The van der Waals surface area contributed by atoms with E-state index in [1.807, 2.05) is 0 Å². The molecular weight excluding hydrogens is 189 g/mol. The number of rotatable bonds is 1. The van der Waals surface area contributed by atoms with Gasteiger partial charge in [-0.3, -0.25) is 0 Å². The normalized spacial score (nSPS) is 7.64. The Morgan fingerprint density at radius 1 is 1.07 bits per heavy atom. The second kappa shape index (κ2) is 8.20. The maximum absolute atomic E-state index is 10.2. The van der Waals surface area contributed by atoms with Gasteiger partial charge in [0.1, 0.15) is 0 Å². The van der Waals surface area contributed by atoms with E-state index >= 15 is 0 Å². The van der Waals surface area contributed by atoms with E-state index in [1.165, 1.54) is 0 Å². The van der Waals surface area contributed by atoms with Gasteiger partial charge in [0.15, 0.2) is 0 Å². The van der Waals surface area contributed by atoms with Crippen molar-refractivity contribution in [3.8, 4) is 0 Å². The molecule has 6 nitrogen and oxygen atoms in total. The van der Waals surface area contributed by atoms with Gasteiger partial charge in [-0.2, -0.15) is 0 Å². The molecule has 14 heavy (non-hydrogen) atoms. The van der Waals surface area contributed by atoms with Crippen LogP contribution in [0.2, 0.25) is 0 Å². The Balaban J connectivity index is 0. The summed E-state index contributed by atoms with van der Waals surface area (Å²) in [5, 5.41) is 29.9. The first-order chi connectivity index (χ1) is 6.04. The highest BCUT2D eigenvalue weighted by Crippen LogP contribution is 1.96. The van der Waals surface area contributed by atoms with Gasteiger partial charge in [0, 0.05) is 0 Å². The fourth-order valence-corrected chi connectivity index (χ4v) is 0.581. The fraction of sp³-hybridized carbons (Fsp3) is 0. The van der Waals surface area contributed by atoms with Gasteiger partial charge < -0.3 is 26.3 Å². The summed E-state index contributed by atoms with van der Waals surface area (Å²) in [7, 11) is -2.17. The van der Waals surface area contributed by atoms with E-state index in [2.05, 4.69) is 0 Å².